The molecular formula is C23H28ClN3O4. The molecular weight excluding hydrogens is 418 g/mol. The lowest BCUT2D eigenvalue weighted by Crippen LogP contribution is -2.48. The minimum Gasteiger partial charge on any atom is -0.497 e. The Balaban J connectivity index is 1.66. The van der Waals surface area contributed by atoms with Crippen LogP contribution in [-0.4, -0.2) is 57.1 Å². The molecule has 7 nitrogen and oxygen atoms in total. The second kappa shape index (κ2) is 10.4. The number of ether oxygens (including phenoxy) is 2. The summed E-state index contributed by atoms with van der Waals surface area (Å²) in [5.74, 6) is 0.994. The van der Waals surface area contributed by atoms with Gasteiger partial charge in [-0.2, -0.15) is 0 Å². The summed E-state index contributed by atoms with van der Waals surface area (Å²) < 4.78 is 10.4. The van der Waals surface area contributed by atoms with Crippen LogP contribution in [0.5, 0.6) is 11.5 Å². The third-order valence-electron chi connectivity index (χ3n) is 5.26. The van der Waals surface area contributed by atoms with Gasteiger partial charge in [-0.3, -0.25) is 9.59 Å². The quantitative estimate of drug-likeness (QED) is 0.695. The summed E-state index contributed by atoms with van der Waals surface area (Å²) in [6.07, 6.45) is 1.45. The number of carbonyl (C=O) groups excluding carboxylic acids is 2. The van der Waals surface area contributed by atoms with Crippen LogP contribution in [0.25, 0.3) is 0 Å². The number of halogens is 1. The summed E-state index contributed by atoms with van der Waals surface area (Å²) in [5.41, 5.74) is 1.91. The average Bonchev–Trinajstić information content (AvgIpc) is 2.79. The van der Waals surface area contributed by atoms with Gasteiger partial charge < -0.3 is 24.6 Å². The number of amides is 2. The fourth-order valence-corrected chi connectivity index (χ4v) is 3.85. The Kier molecular flexibility index (Phi) is 7.63. The first-order valence-corrected chi connectivity index (χ1v) is 10.7. The Hall–Kier alpha value is -2.93. The summed E-state index contributed by atoms with van der Waals surface area (Å²) in [6.45, 7) is 4.84. The minimum atomic E-state index is -0.288. The summed E-state index contributed by atoms with van der Waals surface area (Å²) in [7, 11) is 3.07. The first kappa shape index (κ1) is 22.7. The second-order valence-electron chi connectivity index (χ2n) is 7.34. The van der Waals surface area contributed by atoms with Gasteiger partial charge in [0, 0.05) is 49.9 Å². The van der Waals surface area contributed by atoms with E-state index in [1.54, 1.807) is 24.3 Å². The molecule has 0 atom stereocenters. The van der Waals surface area contributed by atoms with E-state index in [2.05, 4.69) is 10.2 Å². The Morgan fingerprint density at radius 2 is 1.65 bits per heavy atom. The maximum absolute atomic E-state index is 12.7. The monoisotopic (exact) mass is 445 g/mol. The van der Waals surface area contributed by atoms with Gasteiger partial charge in [0.15, 0.2) is 0 Å². The summed E-state index contributed by atoms with van der Waals surface area (Å²) in [6, 6.07) is 10.5. The lowest BCUT2D eigenvalue weighted by Gasteiger charge is -2.36. The predicted octanol–water partition coefficient (Wildman–Crippen LogP) is 4.06. The van der Waals surface area contributed by atoms with Gasteiger partial charge in [0.2, 0.25) is 5.91 Å². The van der Waals surface area contributed by atoms with Crippen molar-refractivity contribution in [3.8, 4) is 11.5 Å². The van der Waals surface area contributed by atoms with E-state index in [0.29, 0.717) is 47.3 Å². The van der Waals surface area contributed by atoms with Gasteiger partial charge in [0.25, 0.3) is 5.91 Å². The van der Waals surface area contributed by atoms with Gasteiger partial charge in [-0.25, -0.2) is 0 Å². The van der Waals surface area contributed by atoms with E-state index in [-0.39, 0.29) is 11.8 Å². The average molecular weight is 446 g/mol. The largest absolute Gasteiger partial charge is 0.497 e. The number of rotatable bonds is 7. The number of carbonyl (C=O) groups is 2. The maximum Gasteiger partial charge on any atom is 0.255 e. The zero-order valence-corrected chi connectivity index (χ0v) is 18.9. The number of anilines is 2. The SMILES string of the molecule is CCCC(=O)N1CCN(c2ccc(NC(=O)c3cc(OC)cc(OC)c3)cc2Cl)CC1. The molecule has 1 aliphatic rings. The molecule has 1 aliphatic heterocycles. The highest BCUT2D eigenvalue weighted by atomic mass is 35.5. The lowest BCUT2D eigenvalue weighted by atomic mass is 10.1. The molecule has 1 heterocycles. The van der Waals surface area contributed by atoms with Gasteiger partial charge in [-0.15, -0.1) is 0 Å². The number of nitrogens with one attached hydrogen (secondary N) is 1. The number of methoxy groups -OCH3 is 2. The van der Waals surface area contributed by atoms with E-state index >= 15 is 0 Å². The molecule has 166 valence electrons. The van der Waals surface area contributed by atoms with Crippen molar-refractivity contribution >= 4 is 34.8 Å². The molecule has 31 heavy (non-hydrogen) atoms. The Morgan fingerprint density at radius 3 is 2.19 bits per heavy atom. The Bertz CT molecular complexity index is 920. The van der Waals surface area contributed by atoms with Crippen LogP contribution in [0.2, 0.25) is 5.02 Å². The highest BCUT2D eigenvalue weighted by Gasteiger charge is 2.22. The third kappa shape index (κ3) is 5.61. The van der Waals surface area contributed by atoms with Crippen LogP contribution in [0.3, 0.4) is 0 Å². The molecule has 2 aromatic carbocycles. The van der Waals surface area contributed by atoms with Gasteiger partial charge >= 0.3 is 0 Å². The number of hydrogen-bond donors (Lipinski definition) is 1. The van der Waals surface area contributed by atoms with Crippen molar-refractivity contribution < 1.29 is 19.1 Å². The molecule has 0 radical (unpaired) electrons. The van der Waals surface area contributed by atoms with Crippen molar-refractivity contribution in [1.82, 2.24) is 4.90 Å². The van der Waals surface area contributed by atoms with E-state index in [0.717, 1.165) is 25.2 Å². The van der Waals surface area contributed by atoms with Crippen molar-refractivity contribution in [3.63, 3.8) is 0 Å². The first-order chi connectivity index (χ1) is 14.9. The maximum atomic E-state index is 12.7. The molecule has 2 amide bonds. The van der Waals surface area contributed by atoms with Crippen LogP contribution in [-0.2, 0) is 4.79 Å². The zero-order valence-electron chi connectivity index (χ0n) is 18.1. The number of hydrogen-bond acceptors (Lipinski definition) is 5. The number of benzene rings is 2. The van der Waals surface area contributed by atoms with Crippen molar-refractivity contribution in [2.45, 2.75) is 19.8 Å². The smallest absolute Gasteiger partial charge is 0.255 e. The fourth-order valence-electron chi connectivity index (χ4n) is 3.55. The molecule has 1 N–H and O–H groups in total. The molecule has 0 bridgehead atoms. The number of nitrogens with zero attached hydrogens (tertiary/aromatic N) is 2. The first-order valence-electron chi connectivity index (χ1n) is 10.3. The van der Waals surface area contributed by atoms with Crippen LogP contribution in [0.1, 0.15) is 30.1 Å². The van der Waals surface area contributed by atoms with Crippen LogP contribution >= 0.6 is 11.6 Å². The molecule has 8 heteroatoms. The highest BCUT2D eigenvalue weighted by Crippen LogP contribution is 2.30. The Labute approximate surface area is 187 Å². The van der Waals surface area contributed by atoms with Crippen molar-refractivity contribution in [2.75, 3.05) is 50.6 Å². The van der Waals surface area contributed by atoms with Gasteiger partial charge in [-0.1, -0.05) is 18.5 Å². The molecule has 2 aromatic rings. The van der Waals surface area contributed by atoms with Crippen molar-refractivity contribution in [1.29, 1.82) is 0 Å². The van der Waals surface area contributed by atoms with Gasteiger partial charge in [0.1, 0.15) is 11.5 Å². The van der Waals surface area contributed by atoms with E-state index in [4.69, 9.17) is 21.1 Å². The zero-order chi connectivity index (χ0) is 22.4. The molecule has 1 fully saturated rings. The van der Waals surface area contributed by atoms with Crippen molar-refractivity contribution in [3.05, 3.63) is 47.0 Å². The molecule has 0 aliphatic carbocycles. The van der Waals surface area contributed by atoms with E-state index < -0.39 is 0 Å². The normalized spacial score (nSPS) is 13.7. The van der Waals surface area contributed by atoms with Crippen LogP contribution in [0.15, 0.2) is 36.4 Å². The van der Waals surface area contributed by atoms with Crippen LogP contribution in [0, 0.1) is 0 Å². The number of piperazine rings is 1. The molecule has 0 aromatic heterocycles. The summed E-state index contributed by atoms with van der Waals surface area (Å²) in [5, 5.41) is 3.41. The van der Waals surface area contributed by atoms with Crippen LogP contribution < -0.4 is 19.7 Å². The minimum absolute atomic E-state index is 0.209. The predicted molar refractivity (Wildman–Crippen MR) is 123 cm³/mol. The molecule has 1 saturated heterocycles. The molecule has 0 unspecified atom stereocenters. The van der Waals surface area contributed by atoms with Crippen molar-refractivity contribution in [2.24, 2.45) is 0 Å². The van der Waals surface area contributed by atoms with Crippen LogP contribution in [0.4, 0.5) is 11.4 Å². The lowest BCUT2D eigenvalue weighted by molar-refractivity contribution is -0.131. The van der Waals surface area contributed by atoms with E-state index in [1.807, 2.05) is 24.0 Å². The van der Waals surface area contributed by atoms with E-state index in [9.17, 15) is 9.59 Å². The summed E-state index contributed by atoms with van der Waals surface area (Å²) >= 11 is 6.52. The van der Waals surface area contributed by atoms with E-state index in [1.165, 1.54) is 14.2 Å². The Morgan fingerprint density at radius 1 is 1.00 bits per heavy atom. The van der Waals surface area contributed by atoms with Gasteiger partial charge in [-0.05, 0) is 36.8 Å². The second-order valence-corrected chi connectivity index (χ2v) is 7.75. The molecule has 0 saturated carbocycles. The fraction of sp³-hybridized carbons (Fsp3) is 0.391. The topological polar surface area (TPSA) is 71.1 Å². The standard InChI is InChI=1S/C23H28ClN3O4/c1-4-5-22(28)27-10-8-26(9-11-27)21-7-6-17(14-20(21)24)25-23(29)16-12-18(30-2)15-19(13-16)31-3/h6-7,12-15H,4-5,8-11H2,1-3H3,(H,25,29). The molecule has 0 spiro atoms. The molecule has 3 rings (SSSR count). The van der Waals surface area contributed by atoms with Gasteiger partial charge in [0.05, 0.1) is 24.9 Å². The highest BCUT2D eigenvalue weighted by molar-refractivity contribution is 6.33. The summed E-state index contributed by atoms with van der Waals surface area (Å²) in [4.78, 5) is 28.8. The third-order valence-corrected chi connectivity index (χ3v) is 5.56.